The van der Waals surface area contributed by atoms with Crippen molar-refractivity contribution in [2.75, 3.05) is 7.11 Å². The molecule has 0 aliphatic carbocycles. The lowest BCUT2D eigenvalue weighted by atomic mass is 10.1. The minimum absolute atomic E-state index is 0.173. The van der Waals surface area contributed by atoms with E-state index in [1.807, 2.05) is 30.3 Å². The third-order valence-corrected chi connectivity index (χ3v) is 5.43. The van der Waals surface area contributed by atoms with Gasteiger partial charge in [-0.2, -0.15) is 0 Å². The van der Waals surface area contributed by atoms with E-state index in [-0.39, 0.29) is 5.97 Å². The zero-order valence-corrected chi connectivity index (χ0v) is 17.7. The lowest BCUT2D eigenvalue weighted by Crippen LogP contribution is -2.07. The number of aromatic nitrogens is 1. The highest BCUT2D eigenvalue weighted by Crippen LogP contribution is 2.30. The lowest BCUT2D eigenvalue weighted by Gasteiger charge is -2.04. The first kappa shape index (κ1) is 21.0. The number of benzene rings is 2. The van der Waals surface area contributed by atoms with Crippen LogP contribution >= 0.6 is 11.3 Å². The van der Waals surface area contributed by atoms with E-state index >= 15 is 0 Å². The average Bonchev–Trinajstić information content (AvgIpc) is 3.15. The summed E-state index contributed by atoms with van der Waals surface area (Å²) in [6.45, 7) is 2.18. The summed E-state index contributed by atoms with van der Waals surface area (Å²) >= 11 is 1.51. The second-order valence-electron chi connectivity index (χ2n) is 6.80. The van der Waals surface area contributed by atoms with Gasteiger partial charge in [0.2, 0.25) is 5.13 Å². The van der Waals surface area contributed by atoms with Gasteiger partial charge in [0.15, 0.2) is 0 Å². The zero-order valence-electron chi connectivity index (χ0n) is 16.9. The van der Waals surface area contributed by atoms with Crippen LogP contribution in [0.4, 0.5) is 5.13 Å². The smallest absolute Gasteiger partial charge is 0.311 e. The van der Waals surface area contributed by atoms with Crippen molar-refractivity contribution in [1.82, 2.24) is 4.98 Å². The molecule has 0 bridgehead atoms. The van der Waals surface area contributed by atoms with E-state index in [1.165, 1.54) is 30.6 Å². The van der Waals surface area contributed by atoms with E-state index in [0.29, 0.717) is 17.3 Å². The first-order chi connectivity index (χ1) is 14.2. The topological polar surface area (TPSA) is 60.8 Å². The molecule has 0 saturated carbocycles. The Morgan fingerprint density at radius 2 is 1.83 bits per heavy atom. The van der Waals surface area contributed by atoms with Crippen molar-refractivity contribution in [1.29, 1.82) is 0 Å². The van der Waals surface area contributed by atoms with Crippen LogP contribution in [0.3, 0.4) is 0 Å². The van der Waals surface area contributed by atoms with Crippen LogP contribution in [0.1, 0.15) is 51.0 Å². The van der Waals surface area contributed by atoms with Gasteiger partial charge >= 0.3 is 5.97 Å². The van der Waals surface area contributed by atoms with Crippen LogP contribution in [0, 0.1) is 0 Å². The molecule has 0 aliphatic heterocycles. The molecular formula is C23H26N2O3S. The largest absolute Gasteiger partial charge is 0.497 e. The van der Waals surface area contributed by atoms with Crippen LogP contribution in [0.2, 0.25) is 0 Å². The number of unbranched alkanes of at least 4 members (excludes halogenated alkanes) is 4. The molecule has 3 aromatic rings. The number of rotatable bonds is 10. The standard InChI is InChI=1S/C23H26N2O3S/c1-3-4-5-6-7-8-22(26)28-18-11-9-17(10-12-18)16-24-23-25-20-14-13-19(27-2)15-21(20)29-23/h9-16H,3-8H2,1-2H3/b24-16+. The third-order valence-electron chi connectivity index (χ3n) is 4.50. The maximum absolute atomic E-state index is 11.9. The molecule has 0 aliphatic rings. The average molecular weight is 411 g/mol. The molecule has 0 N–H and O–H groups in total. The predicted octanol–water partition coefficient (Wildman–Crippen LogP) is 6.32. The highest BCUT2D eigenvalue weighted by atomic mass is 32.1. The summed E-state index contributed by atoms with van der Waals surface area (Å²) < 4.78 is 11.7. The summed E-state index contributed by atoms with van der Waals surface area (Å²) in [4.78, 5) is 20.9. The van der Waals surface area contributed by atoms with E-state index in [0.717, 1.165) is 34.4 Å². The minimum atomic E-state index is -0.173. The molecule has 6 heteroatoms. The molecule has 29 heavy (non-hydrogen) atoms. The molecule has 1 aromatic heterocycles. The highest BCUT2D eigenvalue weighted by molar-refractivity contribution is 7.22. The molecule has 152 valence electrons. The first-order valence-corrected chi connectivity index (χ1v) is 10.8. The maximum atomic E-state index is 11.9. The number of nitrogens with zero attached hydrogens (tertiary/aromatic N) is 2. The lowest BCUT2D eigenvalue weighted by molar-refractivity contribution is -0.134. The second-order valence-corrected chi connectivity index (χ2v) is 7.80. The van der Waals surface area contributed by atoms with Gasteiger partial charge in [0.05, 0.1) is 17.3 Å². The zero-order chi connectivity index (χ0) is 20.5. The molecule has 0 radical (unpaired) electrons. The maximum Gasteiger partial charge on any atom is 0.311 e. The summed E-state index contributed by atoms with van der Waals surface area (Å²) in [6, 6.07) is 13.1. The van der Waals surface area contributed by atoms with Crippen molar-refractivity contribution >= 4 is 38.9 Å². The van der Waals surface area contributed by atoms with Crippen LogP contribution < -0.4 is 9.47 Å². The van der Waals surface area contributed by atoms with Crippen molar-refractivity contribution in [2.24, 2.45) is 4.99 Å². The fraction of sp³-hybridized carbons (Fsp3) is 0.348. The summed E-state index contributed by atoms with van der Waals surface area (Å²) in [7, 11) is 1.65. The highest BCUT2D eigenvalue weighted by Gasteiger charge is 2.06. The SMILES string of the molecule is CCCCCCCC(=O)Oc1ccc(/C=N/c2nc3ccc(OC)cc3s2)cc1. The van der Waals surface area contributed by atoms with Gasteiger partial charge in [-0.3, -0.25) is 4.79 Å². The van der Waals surface area contributed by atoms with E-state index < -0.39 is 0 Å². The van der Waals surface area contributed by atoms with Gasteiger partial charge in [0.25, 0.3) is 0 Å². The summed E-state index contributed by atoms with van der Waals surface area (Å²) in [6.07, 6.45) is 7.80. The fourth-order valence-electron chi connectivity index (χ4n) is 2.88. The molecule has 2 aromatic carbocycles. The van der Waals surface area contributed by atoms with Gasteiger partial charge in [-0.05, 0) is 54.4 Å². The van der Waals surface area contributed by atoms with E-state index in [1.54, 1.807) is 25.5 Å². The molecule has 0 saturated heterocycles. The van der Waals surface area contributed by atoms with Crippen LogP contribution in [0.5, 0.6) is 11.5 Å². The molecule has 0 amide bonds. The quantitative estimate of drug-likeness (QED) is 0.170. The Labute approximate surface area is 175 Å². The van der Waals surface area contributed by atoms with Gasteiger partial charge in [-0.25, -0.2) is 9.98 Å². The number of carbonyl (C=O) groups excluding carboxylic acids is 1. The first-order valence-electron chi connectivity index (χ1n) is 9.97. The number of methoxy groups -OCH3 is 1. The Balaban J connectivity index is 1.53. The number of esters is 1. The molecule has 0 unspecified atom stereocenters. The monoisotopic (exact) mass is 410 g/mol. The molecule has 3 rings (SSSR count). The summed E-state index contributed by atoms with van der Waals surface area (Å²) in [5, 5.41) is 0.687. The van der Waals surface area contributed by atoms with E-state index in [2.05, 4.69) is 16.9 Å². The van der Waals surface area contributed by atoms with Crippen molar-refractivity contribution in [3.05, 3.63) is 48.0 Å². The molecule has 0 fully saturated rings. The Morgan fingerprint density at radius 1 is 1.07 bits per heavy atom. The number of thiazole rings is 1. The van der Waals surface area contributed by atoms with E-state index in [9.17, 15) is 4.79 Å². The van der Waals surface area contributed by atoms with E-state index in [4.69, 9.17) is 9.47 Å². The Hall–Kier alpha value is -2.73. The number of hydrogen-bond donors (Lipinski definition) is 0. The van der Waals surface area contributed by atoms with Gasteiger partial charge in [-0.1, -0.05) is 43.9 Å². The Morgan fingerprint density at radius 3 is 2.59 bits per heavy atom. The summed E-state index contributed by atoms with van der Waals surface area (Å²) in [5.74, 6) is 1.20. The van der Waals surface area contributed by atoms with Crippen molar-refractivity contribution in [3.8, 4) is 11.5 Å². The van der Waals surface area contributed by atoms with Gasteiger partial charge < -0.3 is 9.47 Å². The van der Waals surface area contributed by atoms with Crippen LogP contribution in [0.25, 0.3) is 10.2 Å². The fourth-order valence-corrected chi connectivity index (χ4v) is 3.72. The van der Waals surface area contributed by atoms with Gasteiger partial charge in [0.1, 0.15) is 11.5 Å². The van der Waals surface area contributed by atoms with Gasteiger partial charge in [-0.15, -0.1) is 0 Å². The Bertz CT molecular complexity index is 964. The van der Waals surface area contributed by atoms with Gasteiger partial charge in [0, 0.05) is 12.6 Å². The molecule has 0 spiro atoms. The minimum Gasteiger partial charge on any atom is -0.497 e. The molecule has 1 heterocycles. The second kappa shape index (κ2) is 10.7. The predicted molar refractivity (Wildman–Crippen MR) is 119 cm³/mol. The summed E-state index contributed by atoms with van der Waals surface area (Å²) in [5.41, 5.74) is 1.82. The number of hydrogen-bond acceptors (Lipinski definition) is 6. The van der Waals surface area contributed by atoms with Crippen LogP contribution in [-0.2, 0) is 4.79 Å². The van der Waals surface area contributed by atoms with Crippen LogP contribution in [0.15, 0.2) is 47.5 Å². The molecular weight excluding hydrogens is 384 g/mol. The molecule has 0 atom stereocenters. The van der Waals surface area contributed by atoms with Crippen molar-refractivity contribution < 1.29 is 14.3 Å². The van der Waals surface area contributed by atoms with Crippen molar-refractivity contribution in [3.63, 3.8) is 0 Å². The van der Waals surface area contributed by atoms with Crippen LogP contribution in [-0.4, -0.2) is 24.3 Å². The number of fused-ring (bicyclic) bond motifs is 1. The molecule has 5 nitrogen and oxygen atoms in total. The number of aliphatic imine (C=N–C) groups is 1. The third kappa shape index (κ3) is 6.39. The Kier molecular flexibility index (Phi) is 7.76. The number of ether oxygens (including phenoxy) is 2. The normalized spacial score (nSPS) is 11.2. The van der Waals surface area contributed by atoms with Crippen molar-refractivity contribution in [2.45, 2.75) is 45.4 Å². The number of carbonyl (C=O) groups is 1.